The minimum Gasteiger partial charge on any atom is -0.326 e. The largest absolute Gasteiger partial charge is 0.326 e. The van der Waals surface area contributed by atoms with Gasteiger partial charge in [0.15, 0.2) is 0 Å². The Morgan fingerprint density at radius 2 is 2.10 bits per heavy atom. The maximum absolute atomic E-state index is 13.7. The van der Waals surface area contributed by atoms with E-state index >= 15 is 0 Å². The molecule has 2 rings (SSSR count). The van der Waals surface area contributed by atoms with Gasteiger partial charge in [-0.05, 0) is 36.8 Å². The van der Waals surface area contributed by atoms with Gasteiger partial charge < -0.3 is 5.73 Å². The molecule has 8 heteroatoms. The van der Waals surface area contributed by atoms with Crippen LogP contribution >= 0.6 is 11.6 Å². The van der Waals surface area contributed by atoms with Gasteiger partial charge >= 0.3 is 0 Å². The second-order valence-electron chi connectivity index (χ2n) is 4.35. The maximum Gasteiger partial charge on any atom is 0.263 e. The van der Waals surface area contributed by atoms with Crippen LogP contribution in [0.25, 0.3) is 0 Å². The summed E-state index contributed by atoms with van der Waals surface area (Å²) in [6.45, 7) is 1.66. The van der Waals surface area contributed by atoms with Crippen molar-refractivity contribution in [3.63, 3.8) is 0 Å². The van der Waals surface area contributed by atoms with Crippen LogP contribution in [0.1, 0.15) is 11.3 Å². The third kappa shape index (κ3) is 3.49. The van der Waals surface area contributed by atoms with E-state index in [4.69, 9.17) is 17.3 Å². The van der Waals surface area contributed by atoms with Crippen LogP contribution in [0, 0.1) is 12.7 Å². The molecule has 1 aromatic heterocycles. The summed E-state index contributed by atoms with van der Waals surface area (Å²) in [6, 6.07) is 6.98. The van der Waals surface area contributed by atoms with E-state index in [0.717, 1.165) is 6.07 Å². The van der Waals surface area contributed by atoms with Crippen molar-refractivity contribution in [1.29, 1.82) is 0 Å². The highest BCUT2D eigenvalue weighted by Gasteiger charge is 2.19. The predicted molar refractivity (Wildman–Crippen MR) is 79.1 cm³/mol. The SMILES string of the molecule is Cc1cccc(NS(=O)(=O)c2cc(F)c(Cl)c(CN)c2)n1. The molecule has 0 spiro atoms. The number of nitrogens with one attached hydrogen (secondary N) is 1. The number of sulfonamides is 1. The summed E-state index contributed by atoms with van der Waals surface area (Å²) >= 11 is 5.71. The number of halogens is 2. The van der Waals surface area contributed by atoms with Crippen LogP contribution in [-0.4, -0.2) is 13.4 Å². The predicted octanol–water partition coefficient (Wildman–Crippen LogP) is 2.44. The number of aromatic nitrogens is 1. The zero-order valence-electron chi connectivity index (χ0n) is 11.1. The zero-order valence-corrected chi connectivity index (χ0v) is 12.7. The van der Waals surface area contributed by atoms with Gasteiger partial charge in [-0.2, -0.15) is 0 Å². The third-order valence-corrected chi connectivity index (χ3v) is 4.49. The smallest absolute Gasteiger partial charge is 0.263 e. The van der Waals surface area contributed by atoms with Crippen LogP contribution in [0.5, 0.6) is 0 Å². The van der Waals surface area contributed by atoms with E-state index in [0.29, 0.717) is 5.69 Å². The number of nitrogens with two attached hydrogens (primary N) is 1. The van der Waals surface area contributed by atoms with Gasteiger partial charge in [-0.15, -0.1) is 0 Å². The van der Waals surface area contributed by atoms with E-state index < -0.39 is 15.8 Å². The van der Waals surface area contributed by atoms with E-state index in [9.17, 15) is 12.8 Å². The first-order chi connectivity index (χ1) is 9.83. The minimum atomic E-state index is -3.97. The molecule has 0 aliphatic carbocycles. The standard InChI is InChI=1S/C13H13ClFN3O2S/c1-8-3-2-4-12(17-8)18-21(19,20)10-5-9(7-16)13(14)11(15)6-10/h2-6H,7,16H2,1H3,(H,17,18). The van der Waals surface area contributed by atoms with Gasteiger partial charge in [-0.3, -0.25) is 4.72 Å². The van der Waals surface area contributed by atoms with E-state index in [1.807, 2.05) is 0 Å². The Bertz CT molecular complexity index is 781. The molecule has 5 nitrogen and oxygen atoms in total. The lowest BCUT2D eigenvalue weighted by Gasteiger charge is -2.10. The Hall–Kier alpha value is -1.70. The first kappa shape index (κ1) is 15.7. The van der Waals surface area contributed by atoms with Gasteiger partial charge in [0.2, 0.25) is 0 Å². The molecule has 3 N–H and O–H groups in total. The number of anilines is 1. The molecule has 0 atom stereocenters. The lowest BCUT2D eigenvalue weighted by molar-refractivity contribution is 0.594. The lowest BCUT2D eigenvalue weighted by atomic mass is 10.2. The molecular formula is C13H13ClFN3O2S. The lowest BCUT2D eigenvalue weighted by Crippen LogP contribution is -2.15. The fraction of sp³-hybridized carbons (Fsp3) is 0.154. The quantitative estimate of drug-likeness (QED) is 0.902. The molecule has 21 heavy (non-hydrogen) atoms. The number of hydrogen-bond acceptors (Lipinski definition) is 4. The fourth-order valence-corrected chi connectivity index (χ4v) is 2.97. The first-order valence-corrected chi connectivity index (χ1v) is 7.84. The summed E-state index contributed by atoms with van der Waals surface area (Å²) in [7, 11) is -3.97. The highest BCUT2D eigenvalue weighted by molar-refractivity contribution is 7.92. The van der Waals surface area contributed by atoms with Gasteiger partial charge in [0.05, 0.1) is 9.92 Å². The van der Waals surface area contributed by atoms with E-state index in [2.05, 4.69) is 9.71 Å². The second kappa shape index (κ2) is 5.97. The third-order valence-electron chi connectivity index (χ3n) is 2.73. The monoisotopic (exact) mass is 329 g/mol. The topological polar surface area (TPSA) is 85.1 Å². The molecule has 1 heterocycles. The van der Waals surface area contributed by atoms with Crippen molar-refractivity contribution in [3.05, 3.63) is 52.4 Å². The van der Waals surface area contributed by atoms with Gasteiger partial charge in [0.1, 0.15) is 11.6 Å². The summed E-state index contributed by atoms with van der Waals surface area (Å²) < 4.78 is 40.4. The zero-order chi connectivity index (χ0) is 15.6. The van der Waals surface area contributed by atoms with Crippen LogP contribution in [0.2, 0.25) is 5.02 Å². The van der Waals surface area contributed by atoms with Crippen molar-refractivity contribution in [3.8, 4) is 0 Å². The molecule has 112 valence electrons. The van der Waals surface area contributed by atoms with Crippen molar-refractivity contribution in [2.45, 2.75) is 18.4 Å². The molecule has 0 saturated carbocycles. The first-order valence-electron chi connectivity index (χ1n) is 5.98. The number of hydrogen-bond donors (Lipinski definition) is 2. The molecule has 0 unspecified atom stereocenters. The van der Waals surface area contributed by atoms with Crippen LogP contribution in [-0.2, 0) is 16.6 Å². The van der Waals surface area contributed by atoms with Crippen LogP contribution in [0.15, 0.2) is 35.2 Å². The summed E-state index contributed by atoms with van der Waals surface area (Å²) in [5, 5.41) is -0.176. The van der Waals surface area contributed by atoms with Crippen LogP contribution < -0.4 is 10.5 Å². The Morgan fingerprint density at radius 3 is 2.71 bits per heavy atom. The van der Waals surface area contributed by atoms with Gasteiger partial charge in [0, 0.05) is 12.2 Å². The summed E-state index contributed by atoms with van der Waals surface area (Å²) in [5.74, 6) is -0.683. The average molecular weight is 330 g/mol. The van der Waals surface area contributed by atoms with Crippen molar-refractivity contribution >= 4 is 27.4 Å². The Balaban J connectivity index is 2.42. The van der Waals surface area contributed by atoms with Gasteiger partial charge in [0.25, 0.3) is 10.0 Å². The molecular weight excluding hydrogens is 317 g/mol. The van der Waals surface area contributed by atoms with Crippen LogP contribution in [0.3, 0.4) is 0 Å². The van der Waals surface area contributed by atoms with Crippen molar-refractivity contribution in [2.75, 3.05) is 4.72 Å². The van der Waals surface area contributed by atoms with Crippen molar-refractivity contribution in [2.24, 2.45) is 5.73 Å². The molecule has 0 radical (unpaired) electrons. The highest BCUT2D eigenvalue weighted by atomic mass is 35.5. The number of nitrogens with zero attached hydrogens (tertiary/aromatic N) is 1. The van der Waals surface area contributed by atoms with E-state index in [1.165, 1.54) is 12.1 Å². The highest BCUT2D eigenvalue weighted by Crippen LogP contribution is 2.25. The Morgan fingerprint density at radius 1 is 1.38 bits per heavy atom. The molecule has 1 aromatic carbocycles. The number of aryl methyl sites for hydroxylation is 1. The van der Waals surface area contributed by atoms with Gasteiger partial charge in [-0.1, -0.05) is 17.7 Å². The Labute approximate surface area is 127 Å². The minimum absolute atomic E-state index is 0.0677. The van der Waals surface area contributed by atoms with Crippen molar-refractivity contribution in [1.82, 2.24) is 4.98 Å². The summed E-state index contributed by atoms with van der Waals surface area (Å²) in [6.07, 6.45) is 0. The molecule has 0 bridgehead atoms. The van der Waals surface area contributed by atoms with Gasteiger partial charge in [-0.25, -0.2) is 17.8 Å². The summed E-state index contributed by atoms with van der Waals surface area (Å²) in [4.78, 5) is 3.78. The molecule has 0 aliphatic heterocycles. The van der Waals surface area contributed by atoms with Crippen LogP contribution in [0.4, 0.5) is 10.2 Å². The summed E-state index contributed by atoms with van der Waals surface area (Å²) in [5.41, 5.74) is 6.30. The molecule has 2 aromatic rings. The second-order valence-corrected chi connectivity index (χ2v) is 6.41. The number of rotatable bonds is 4. The number of benzene rings is 1. The van der Waals surface area contributed by atoms with E-state index in [-0.39, 0.29) is 27.8 Å². The Kier molecular flexibility index (Phi) is 4.46. The van der Waals surface area contributed by atoms with Crippen molar-refractivity contribution < 1.29 is 12.8 Å². The molecule has 0 aliphatic rings. The fourth-order valence-electron chi connectivity index (χ4n) is 1.72. The van der Waals surface area contributed by atoms with E-state index in [1.54, 1.807) is 19.1 Å². The molecule has 0 amide bonds. The maximum atomic E-state index is 13.7. The normalized spacial score (nSPS) is 11.4. The molecule has 0 saturated heterocycles. The average Bonchev–Trinajstić information content (AvgIpc) is 2.41. The molecule has 0 fully saturated rings. The number of pyridine rings is 1.